The van der Waals surface area contributed by atoms with E-state index in [-0.39, 0.29) is 5.82 Å². The van der Waals surface area contributed by atoms with Crippen LogP contribution in [0.25, 0.3) is 0 Å². The molecule has 18 heavy (non-hydrogen) atoms. The molecular weight excluding hydrogens is 229 g/mol. The maximum atomic E-state index is 13.4. The highest BCUT2D eigenvalue weighted by atomic mass is 19.1. The maximum Gasteiger partial charge on any atom is 0.127 e. The monoisotopic (exact) mass is 249 g/mol. The maximum absolute atomic E-state index is 13.4. The third-order valence-electron chi connectivity index (χ3n) is 2.70. The highest BCUT2D eigenvalue weighted by Gasteiger charge is 2.02. The summed E-state index contributed by atoms with van der Waals surface area (Å²) in [6.07, 6.45) is 2.19. The van der Waals surface area contributed by atoms with Crippen LogP contribution in [0.2, 0.25) is 0 Å². The topological polar surface area (TPSA) is 39.1 Å². The molecule has 1 N–H and O–H groups in total. The predicted molar refractivity (Wildman–Crippen MR) is 70.6 cm³/mol. The minimum Gasteiger partial charge on any atom is -0.313 e. The van der Waals surface area contributed by atoms with Crippen molar-refractivity contribution in [2.24, 2.45) is 0 Å². The Labute approximate surface area is 108 Å². The van der Waals surface area contributed by atoms with E-state index in [4.69, 9.17) is 5.26 Å². The molecule has 3 nitrogen and oxygen atoms in total. The Kier molecular flexibility index (Phi) is 6.34. The molecule has 0 fully saturated rings. The van der Waals surface area contributed by atoms with E-state index in [2.05, 4.69) is 24.3 Å². The van der Waals surface area contributed by atoms with E-state index >= 15 is 0 Å². The first-order chi connectivity index (χ1) is 8.63. The molecular formula is C14H20FN3. The van der Waals surface area contributed by atoms with E-state index < -0.39 is 0 Å². The molecule has 0 saturated carbocycles. The van der Waals surface area contributed by atoms with Gasteiger partial charge in [0.05, 0.1) is 11.6 Å². The van der Waals surface area contributed by atoms with Crippen molar-refractivity contribution in [3.63, 3.8) is 0 Å². The van der Waals surface area contributed by atoms with Crippen molar-refractivity contribution in [1.82, 2.24) is 10.2 Å². The summed E-state index contributed by atoms with van der Waals surface area (Å²) in [6, 6.07) is 6.46. The van der Waals surface area contributed by atoms with Gasteiger partial charge >= 0.3 is 0 Å². The first-order valence-corrected chi connectivity index (χ1v) is 6.17. The zero-order valence-electron chi connectivity index (χ0n) is 11.0. The number of benzene rings is 1. The Morgan fingerprint density at radius 2 is 2.11 bits per heavy atom. The molecule has 0 heterocycles. The van der Waals surface area contributed by atoms with Gasteiger partial charge in [0, 0.05) is 12.1 Å². The van der Waals surface area contributed by atoms with Gasteiger partial charge in [-0.2, -0.15) is 5.26 Å². The first-order valence-electron chi connectivity index (χ1n) is 6.17. The molecule has 0 amide bonds. The quantitative estimate of drug-likeness (QED) is 0.752. The third-order valence-corrected chi connectivity index (χ3v) is 2.70. The summed E-state index contributed by atoms with van der Waals surface area (Å²) in [6.45, 7) is 2.41. The van der Waals surface area contributed by atoms with Gasteiger partial charge < -0.3 is 10.2 Å². The molecule has 0 aromatic heterocycles. The van der Waals surface area contributed by atoms with Gasteiger partial charge in [-0.25, -0.2) is 4.39 Å². The Hall–Kier alpha value is -1.44. The Morgan fingerprint density at radius 3 is 2.78 bits per heavy atom. The van der Waals surface area contributed by atoms with Gasteiger partial charge in [0.2, 0.25) is 0 Å². The average Bonchev–Trinajstić information content (AvgIpc) is 2.35. The van der Waals surface area contributed by atoms with Crippen LogP contribution in [0.15, 0.2) is 18.2 Å². The number of unbranched alkanes of at least 4 members (excludes halogenated alkanes) is 1. The number of nitriles is 1. The molecule has 98 valence electrons. The summed E-state index contributed by atoms with van der Waals surface area (Å²) in [7, 11) is 4.10. The molecule has 1 aromatic carbocycles. The van der Waals surface area contributed by atoms with Gasteiger partial charge in [0.15, 0.2) is 0 Å². The van der Waals surface area contributed by atoms with E-state index in [1.807, 2.05) is 6.07 Å². The molecule has 0 bridgehead atoms. The fourth-order valence-corrected chi connectivity index (χ4v) is 1.68. The summed E-state index contributed by atoms with van der Waals surface area (Å²) < 4.78 is 13.4. The fourth-order valence-electron chi connectivity index (χ4n) is 1.68. The van der Waals surface area contributed by atoms with Crippen LogP contribution in [0.1, 0.15) is 24.0 Å². The Balaban J connectivity index is 2.29. The lowest BCUT2D eigenvalue weighted by Crippen LogP contribution is -2.18. The molecule has 1 rings (SSSR count). The second-order valence-corrected chi connectivity index (χ2v) is 4.61. The molecule has 0 radical (unpaired) electrons. The van der Waals surface area contributed by atoms with Crippen LogP contribution in [0.5, 0.6) is 0 Å². The van der Waals surface area contributed by atoms with Crippen LogP contribution >= 0.6 is 0 Å². The molecule has 0 aliphatic rings. The molecule has 0 unspecified atom stereocenters. The summed E-state index contributed by atoms with van der Waals surface area (Å²) in [5.74, 6) is -0.255. The van der Waals surface area contributed by atoms with Gasteiger partial charge in [-0.3, -0.25) is 0 Å². The first kappa shape index (κ1) is 14.6. The van der Waals surface area contributed by atoms with Crippen LogP contribution in [0.4, 0.5) is 4.39 Å². The lowest BCUT2D eigenvalue weighted by molar-refractivity contribution is 0.391. The zero-order valence-corrected chi connectivity index (χ0v) is 11.0. The Bertz CT molecular complexity index is 410. The average molecular weight is 249 g/mol. The van der Waals surface area contributed by atoms with Crippen LogP contribution in [0, 0.1) is 17.1 Å². The number of nitrogens with zero attached hydrogens (tertiary/aromatic N) is 2. The van der Waals surface area contributed by atoms with Crippen LogP contribution in [0.3, 0.4) is 0 Å². The van der Waals surface area contributed by atoms with Crippen molar-refractivity contribution in [2.45, 2.75) is 19.4 Å². The smallest absolute Gasteiger partial charge is 0.127 e. The van der Waals surface area contributed by atoms with Crippen molar-refractivity contribution in [2.75, 3.05) is 27.2 Å². The van der Waals surface area contributed by atoms with Crippen LogP contribution in [-0.2, 0) is 6.54 Å². The largest absolute Gasteiger partial charge is 0.313 e. The minimum atomic E-state index is -0.255. The van der Waals surface area contributed by atoms with Gasteiger partial charge in [0.1, 0.15) is 5.82 Å². The summed E-state index contributed by atoms with van der Waals surface area (Å²) in [5, 5.41) is 11.9. The van der Waals surface area contributed by atoms with Gasteiger partial charge in [-0.1, -0.05) is 0 Å². The van der Waals surface area contributed by atoms with Crippen molar-refractivity contribution < 1.29 is 4.39 Å². The van der Waals surface area contributed by atoms with Crippen molar-refractivity contribution in [3.8, 4) is 6.07 Å². The van der Waals surface area contributed by atoms with Crippen LogP contribution in [-0.4, -0.2) is 32.1 Å². The standard InChI is InChI=1S/C14H20FN3/c1-18(2)8-4-3-7-17-11-13-9-12(10-16)5-6-14(13)15/h5-6,9,17H,3-4,7-8,11H2,1-2H3. The molecule has 0 saturated heterocycles. The van der Waals surface area contributed by atoms with Crippen molar-refractivity contribution in [1.29, 1.82) is 5.26 Å². The molecule has 0 aliphatic heterocycles. The third kappa shape index (κ3) is 5.26. The number of hydrogen-bond acceptors (Lipinski definition) is 3. The van der Waals surface area contributed by atoms with Gasteiger partial charge in [0.25, 0.3) is 0 Å². The molecule has 0 atom stereocenters. The summed E-state index contributed by atoms with van der Waals surface area (Å²) in [4.78, 5) is 2.15. The number of nitrogens with one attached hydrogen (secondary N) is 1. The SMILES string of the molecule is CN(C)CCCCNCc1cc(C#N)ccc1F. The van der Waals surface area contributed by atoms with Crippen molar-refractivity contribution in [3.05, 3.63) is 35.1 Å². The van der Waals surface area contributed by atoms with E-state index in [0.29, 0.717) is 17.7 Å². The highest BCUT2D eigenvalue weighted by Crippen LogP contribution is 2.09. The van der Waals surface area contributed by atoms with Gasteiger partial charge in [-0.05, 0) is 58.2 Å². The lowest BCUT2D eigenvalue weighted by atomic mass is 10.1. The summed E-state index contributed by atoms with van der Waals surface area (Å²) in [5.41, 5.74) is 1.06. The van der Waals surface area contributed by atoms with E-state index in [9.17, 15) is 4.39 Å². The second-order valence-electron chi connectivity index (χ2n) is 4.61. The van der Waals surface area contributed by atoms with Crippen molar-refractivity contribution >= 4 is 0 Å². The van der Waals surface area contributed by atoms with E-state index in [1.54, 1.807) is 6.07 Å². The zero-order chi connectivity index (χ0) is 13.4. The predicted octanol–water partition coefficient (Wildman–Crippen LogP) is 2.13. The number of hydrogen-bond donors (Lipinski definition) is 1. The van der Waals surface area contributed by atoms with E-state index in [1.165, 1.54) is 12.1 Å². The minimum absolute atomic E-state index is 0.255. The number of rotatable bonds is 7. The van der Waals surface area contributed by atoms with Crippen LogP contribution < -0.4 is 5.32 Å². The van der Waals surface area contributed by atoms with E-state index in [0.717, 1.165) is 25.9 Å². The molecule has 0 spiro atoms. The normalized spacial score (nSPS) is 10.6. The summed E-state index contributed by atoms with van der Waals surface area (Å²) >= 11 is 0. The lowest BCUT2D eigenvalue weighted by Gasteiger charge is -2.09. The molecule has 0 aliphatic carbocycles. The number of halogens is 1. The Morgan fingerprint density at radius 1 is 1.33 bits per heavy atom. The fraction of sp³-hybridized carbons (Fsp3) is 0.500. The van der Waals surface area contributed by atoms with Gasteiger partial charge in [-0.15, -0.1) is 0 Å². The second kappa shape index (κ2) is 7.80. The molecule has 4 heteroatoms. The molecule has 1 aromatic rings. The highest BCUT2D eigenvalue weighted by molar-refractivity contribution is 5.33.